The standard InChI is InChI=1S/C31H35BrClN3O4S/c1-35(41(39,40)28-18-16-26(33)17-19-28)22-30(37)36(21-24-12-14-25(32)15-13-24)29(20-23-8-4-2-5-9-23)31(38)34-27-10-6-3-7-11-27/h2,4-5,8-9,12-19,27,29H,3,6-7,10-11,20-22H2,1H3,(H,34,38). The monoisotopic (exact) mass is 659 g/mol. The van der Waals surface area contributed by atoms with Gasteiger partial charge < -0.3 is 10.2 Å². The summed E-state index contributed by atoms with van der Waals surface area (Å²) in [6.45, 7) is -0.278. The average molecular weight is 661 g/mol. The molecule has 3 aromatic carbocycles. The average Bonchev–Trinajstić information content (AvgIpc) is 2.97. The largest absolute Gasteiger partial charge is 0.352 e. The summed E-state index contributed by atoms with van der Waals surface area (Å²) in [5.41, 5.74) is 1.74. The van der Waals surface area contributed by atoms with Crippen molar-refractivity contribution in [2.45, 2.75) is 62.0 Å². The number of carbonyl (C=O) groups is 2. The first-order valence-corrected chi connectivity index (χ1v) is 16.3. The molecule has 0 aromatic heterocycles. The van der Waals surface area contributed by atoms with E-state index in [1.54, 1.807) is 0 Å². The second kappa shape index (κ2) is 14.4. The van der Waals surface area contributed by atoms with Crippen LogP contribution in [0.3, 0.4) is 0 Å². The summed E-state index contributed by atoms with van der Waals surface area (Å²) in [5.74, 6) is -0.692. The van der Waals surface area contributed by atoms with Crippen LogP contribution < -0.4 is 5.32 Å². The van der Waals surface area contributed by atoms with Gasteiger partial charge in [0.25, 0.3) is 0 Å². The quantitative estimate of drug-likeness (QED) is 0.281. The van der Waals surface area contributed by atoms with Crippen molar-refractivity contribution in [1.82, 2.24) is 14.5 Å². The Hall–Kier alpha value is -2.72. The molecule has 41 heavy (non-hydrogen) atoms. The van der Waals surface area contributed by atoms with Gasteiger partial charge in [-0.2, -0.15) is 4.31 Å². The minimum Gasteiger partial charge on any atom is -0.352 e. The highest BCUT2D eigenvalue weighted by atomic mass is 79.9. The van der Waals surface area contributed by atoms with Crippen molar-refractivity contribution >= 4 is 49.4 Å². The van der Waals surface area contributed by atoms with Crippen LogP contribution in [-0.4, -0.2) is 55.1 Å². The van der Waals surface area contributed by atoms with Gasteiger partial charge in [0.1, 0.15) is 6.04 Å². The molecule has 0 spiro atoms. The number of hydrogen-bond donors (Lipinski definition) is 1. The SMILES string of the molecule is CN(CC(=O)N(Cc1ccc(Br)cc1)C(Cc1ccccc1)C(=O)NC1CCCCC1)S(=O)(=O)c1ccc(Cl)cc1. The minimum atomic E-state index is -3.97. The number of hydrogen-bond acceptors (Lipinski definition) is 4. The van der Waals surface area contributed by atoms with Gasteiger partial charge in [-0.1, -0.05) is 89.3 Å². The van der Waals surface area contributed by atoms with Gasteiger partial charge >= 0.3 is 0 Å². The maximum atomic E-state index is 14.0. The number of sulfonamides is 1. The van der Waals surface area contributed by atoms with Crippen molar-refractivity contribution in [3.63, 3.8) is 0 Å². The lowest BCUT2D eigenvalue weighted by atomic mass is 9.94. The molecule has 1 unspecified atom stereocenters. The highest BCUT2D eigenvalue weighted by Crippen LogP contribution is 2.22. The lowest BCUT2D eigenvalue weighted by molar-refractivity contribution is -0.141. The summed E-state index contributed by atoms with van der Waals surface area (Å²) >= 11 is 9.39. The van der Waals surface area contributed by atoms with Gasteiger partial charge in [0.2, 0.25) is 21.8 Å². The van der Waals surface area contributed by atoms with Crippen LogP contribution >= 0.6 is 27.5 Å². The topological polar surface area (TPSA) is 86.8 Å². The normalized spacial score (nSPS) is 14.9. The zero-order valence-corrected chi connectivity index (χ0v) is 26.2. The van der Waals surface area contributed by atoms with Gasteiger partial charge in [-0.15, -0.1) is 0 Å². The van der Waals surface area contributed by atoms with E-state index in [-0.39, 0.29) is 23.4 Å². The van der Waals surface area contributed by atoms with Crippen LogP contribution in [-0.2, 0) is 32.6 Å². The molecule has 2 amide bonds. The fraction of sp³-hybridized carbons (Fsp3) is 0.355. The molecule has 1 aliphatic rings. The van der Waals surface area contributed by atoms with Gasteiger partial charge in [-0.3, -0.25) is 9.59 Å². The highest BCUT2D eigenvalue weighted by molar-refractivity contribution is 9.10. The zero-order chi connectivity index (χ0) is 29.4. The molecular formula is C31H35BrClN3O4S. The van der Waals surface area contributed by atoms with Crippen molar-refractivity contribution in [1.29, 1.82) is 0 Å². The van der Waals surface area contributed by atoms with E-state index in [9.17, 15) is 18.0 Å². The van der Waals surface area contributed by atoms with Crippen molar-refractivity contribution in [2.24, 2.45) is 0 Å². The molecule has 10 heteroatoms. The van der Waals surface area contributed by atoms with Gasteiger partial charge in [-0.25, -0.2) is 8.42 Å². The lowest BCUT2D eigenvalue weighted by Gasteiger charge is -2.34. The summed E-state index contributed by atoms with van der Waals surface area (Å²) in [6, 6.07) is 22.1. The maximum Gasteiger partial charge on any atom is 0.243 e. The van der Waals surface area contributed by atoms with E-state index in [2.05, 4.69) is 21.2 Å². The molecule has 0 radical (unpaired) electrons. The van der Waals surface area contributed by atoms with E-state index in [1.807, 2.05) is 54.6 Å². The molecule has 7 nitrogen and oxygen atoms in total. The van der Waals surface area contributed by atoms with Crippen LogP contribution in [0, 0.1) is 0 Å². The zero-order valence-electron chi connectivity index (χ0n) is 23.0. The summed E-state index contributed by atoms with van der Waals surface area (Å²) < 4.78 is 28.5. The van der Waals surface area contributed by atoms with E-state index < -0.39 is 28.5 Å². The first-order valence-electron chi connectivity index (χ1n) is 13.7. The molecule has 218 valence electrons. The van der Waals surface area contributed by atoms with E-state index >= 15 is 0 Å². The van der Waals surface area contributed by atoms with Gasteiger partial charge in [0, 0.05) is 35.6 Å². The summed E-state index contributed by atoms with van der Waals surface area (Å²) in [4.78, 5) is 29.4. The fourth-order valence-electron chi connectivity index (χ4n) is 5.04. The van der Waals surface area contributed by atoms with Gasteiger partial charge in [-0.05, 0) is 60.4 Å². The van der Waals surface area contributed by atoms with Crippen LogP contribution in [0.4, 0.5) is 0 Å². The number of amides is 2. The van der Waals surface area contributed by atoms with Crippen LogP contribution in [0.5, 0.6) is 0 Å². The van der Waals surface area contributed by atoms with Crippen LogP contribution in [0.2, 0.25) is 5.02 Å². The number of rotatable bonds is 11. The lowest BCUT2D eigenvalue weighted by Crippen LogP contribution is -2.54. The van der Waals surface area contributed by atoms with Crippen LogP contribution in [0.15, 0.2) is 88.2 Å². The number of nitrogens with zero attached hydrogens (tertiary/aromatic N) is 2. The second-order valence-electron chi connectivity index (χ2n) is 10.4. The third-order valence-corrected chi connectivity index (χ3v) is 9.97. The van der Waals surface area contributed by atoms with Gasteiger partial charge in [0.05, 0.1) is 11.4 Å². The molecule has 0 saturated heterocycles. The van der Waals surface area contributed by atoms with Crippen molar-refractivity contribution < 1.29 is 18.0 Å². The highest BCUT2D eigenvalue weighted by Gasteiger charge is 2.34. The first kappa shape index (κ1) is 31.2. The number of halogens is 2. The van der Waals surface area contributed by atoms with E-state index in [0.717, 1.165) is 52.0 Å². The second-order valence-corrected chi connectivity index (χ2v) is 13.8. The maximum absolute atomic E-state index is 14.0. The molecule has 1 saturated carbocycles. The molecule has 1 fully saturated rings. The Labute approximate surface area is 256 Å². The molecule has 4 rings (SSSR count). The van der Waals surface area contributed by atoms with Crippen LogP contribution in [0.1, 0.15) is 43.2 Å². The van der Waals surface area contributed by atoms with Crippen LogP contribution in [0.25, 0.3) is 0 Å². The minimum absolute atomic E-state index is 0.0348. The van der Waals surface area contributed by atoms with Crippen molar-refractivity contribution in [3.05, 3.63) is 99.5 Å². The third-order valence-electron chi connectivity index (χ3n) is 7.37. The fourth-order valence-corrected chi connectivity index (χ4v) is 6.55. The Balaban J connectivity index is 1.65. The number of benzene rings is 3. The Morgan fingerprint density at radius 1 is 0.927 bits per heavy atom. The molecule has 0 aliphatic heterocycles. The molecule has 0 bridgehead atoms. The Bertz CT molecular complexity index is 1410. The first-order chi connectivity index (χ1) is 19.6. The Morgan fingerprint density at radius 2 is 1.56 bits per heavy atom. The van der Waals surface area contributed by atoms with E-state index in [4.69, 9.17) is 11.6 Å². The van der Waals surface area contributed by atoms with E-state index in [1.165, 1.54) is 36.2 Å². The summed E-state index contributed by atoms with van der Waals surface area (Å²) in [5, 5.41) is 3.61. The number of likely N-dealkylation sites (N-methyl/N-ethyl adjacent to an activating group) is 1. The molecule has 3 aromatic rings. The van der Waals surface area contributed by atoms with Gasteiger partial charge in [0.15, 0.2) is 0 Å². The Kier molecular flexibility index (Phi) is 11.0. The van der Waals surface area contributed by atoms with Crippen molar-refractivity contribution in [2.75, 3.05) is 13.6 Å². The molecular weight excluding hydrogens is 626 g/mol. The third kappa shape index (κ3) is 8.64. The molecule has 0 heterocycles. The predicted octanol–water partition coefficient (Wildman–Crippen LogP) is 5.81. The molecule has 1 aliphatic carbocycles. The molecule has 1 N–H and O–H groups in total. The smallest absolute Gasteiger partial charge is 0.243 e. The van der Waals surface area contributed by atoms with Crippen molar-refractivity contribution in [3.8, 4) is 0 Å². The summed E-state index contributed by atoms with van der Waals surface area (Å²) in [7, 11) is -2.60. The number of carbonyl (C=O) groups excluding carboxylic acids is 2. The molecule has 1 atom stereocenters. The van der Waals surface area contributed by atoms with E-state index in [0.29, 0.717) is 11.4 Å². The summed E-state index contributed by atoms with van der Waals surface area (Å²) in [6.07, 6.45) is 5.39. The predicted molar refractivity (Wildman–Crippen MR) is 165 cm³/mol. The Morgan fingerprint density at radius 3 is 2.20 bits per heavy atom. The number of nitrogens with one attached hydrogen (secondary N) is 1.